The minimum atomic E-state index is -0.189. The highest BCUT2D eigenvalue weighted by atomic mass is 16.1. The number of nitrogens with two attached hydrogens (primary N) is 1. The molecule has 1 heterocycles. The Morgan fingerprint density at radius 3 is 2.75 bits per heavy atom. The quantitative estimate of drug-likeness (QED) is 0.731. The van der Waals surface area contributed by atoms with Crippen LogP contribution in [-0.4, -0.2) is 42.5 Å². The molecule has 0 aromatic heterocycles. The summed E-state index contributed by atoms with van der Waals surface area (Å²) in [7, 11) is 2.13. The predicted octanol–water partition coefficient (Wildman–Crippen LogP) is 0.468. The molecule has 1 aliphatic heterocycles. The number of carbonyl (C=O) groups is 1. The van der Waals surface area contributed by atoms with Crippen LogP contribution in [0, 0.1) is 0 Å². The average Bonchev–Trinajstić information content (AvgIpc) is 2.59. The van der Waals surface area contributed by atoms with Gasteiger partial charge in [-0.05, 0) is 45.7 Å². The van der Waals surface area contributed by atoms with Crippen LogP contribution in [0.1, 0.15) is 38.5 Å². The summed E-state index contributed by atoms with van der Waals surface area (Å²) in [5.41, 5.74) is 5.85. The molecule has 0 bridgehead atoms. The maximum absolute atomic E-state index is 11.7. The third-order valence-corrected chi connectivity index (χ3v) is 4.07. The molecule has 2 rings (SSSR count). The van der Waals surface area contributed by atoms with E-state index in [0.29, 0.717) is 12.5 Å². The van der Waals surface area contributed by atoms with Crippen molar-refractivity contribution < 1.29 is 4.79 Å². The molecule has 0 aromatic carbocycles. The lowest BCUT2D eigenvalue weighted by molar-refractivity contribution is -0.123. The lowest BCUT2D eigenvalue weighted by atomic mass is 9.75. The third kappa shape index (κ3) is 2.74. The van der Waals surface area contributed by atoms with Gasteiger partial charge in [-0.15, -0.1) is 0 Å². The number of carbonyl (C=O) groups excluding carboxylic acids is 1. The Labute approximate surface area is 97.6 Å². The summed E-state index contributed by atoms with van der Waals surface area (Å²) in [4.78, 5) is 14.0. The van der Waals surface area contributed by atoms with E-state index < -0.39 is 0 Å². The number of likely N-dealkylation sites (tertiary alicyclic amines) is 1. The molecule has 1 unspecified atom stereocenters. The van der Waals surface area contributed by atoms with Gasteiger partial charge in [0.05, 0.1) is 0 Å². The van der Waals surface area contributed by atoms with Crippen molar-refractivity contribution in [1.29, 1.82) is 0 Å². The molecule has 92 valence electrons. The fourth-order valence-electron chi connectivity index (χ4n) is 2.66. The van der Waals surface area contributed by atoms with Crippen molar-refractivity contribution in [3.05, 3.63) is 0 Å². The molecule has 1 aliphatic carbocycles. The molecule has 4 nitrogen and oxygen atoms in total. The minimum Gasteiger partial charge on any atom is -0.354 e. The molecule has 0 spiro atoms. The summed E-state index contributed by atoms with van der Waals surface area (Å²) in [6, 6.07) is 0.527. The minimum absolute atomic E-state index is 0.127. The van der Waals surface area contributed by atoms with Gasteiger partial charge in [-0.1, -0.05) is 0 Å². The molecular weight excluding hydrogens is 202 g/mol. The van der Waals surface area contributed by atoms with E-state index in [4.69, 9.17) is 5.73 Å². The van der Waals surface area contributed by atoms with E-state index in [1.54, 1.807) is 0 Å². The molecule has 4 heteroatoms. The van der Waals surface area contributed by atoms with Crippen molar-refractivity contribution in [2.24, 2.45) is 5.73 Å². The van der Waals surface area contributed by atoms with Crippen LogP contribution in [0.3, 0.4) is 0 Å². The second-order valence-electron chi connectivity index (χ2n) is 5.47. The van der Waals surface area contributed by atoms with Crippen molar-refractivity contribution in [2.75, 3.05) is 20.1 Å². The van der Waals surface area contributed by atoms with Gasteiger partial charge in [0.2, 0.25) is 5.91 Å². The van der Waals surface area contributed by atoms with Gasteiger partial charge in [-0.25, -0.2) is 0 Å². The van der Waals surface area contributed by atoms with E-state index in [2.05, 4.69) is 17.3 Å². The fraction of sp³-hybridized carbons (Fsp3) is 0.917. The van der Waals surface area contributed by atoms with E-state index in [-0.39, 0.29) is 11.4 Å². The van der Waals surface area contributed by atoms with Crippen LogP contribution < -0.4 is 11.1 Å². The van der Waals surface area contributed by atoms with Gasteiger partial charge >= 0.3 is 0 Å². The Kier molecular flexibility index (Phi) is 3.50. The highest BCUT2D eigenvalue weighted by Gasteiger charge is 2.34. The van der Waals surface area contributed by atoms with Gasteiger partial charge in [0.25, 0.3) is 0 Å². The van der Waals surface area contributed by atoms with E-state index in [1.807, 2.05) is 0 Å². The molecule has 3 N–H and O–H groups in total. The number of amides is 1. The standard InChI is InChI=1S/C12H23N3O/c1-15-7-2-4-10(15)9-14-11(16)8-12(13)5-3-6-12/h10H,2-9,13H2,1H3,(H,14,16). The molecule has 0 aromatic rings. The predicted molar refractivity (Wildman–Crippen MR) is 64.0 cm³/mol. The molecule has 1 atom stereocenters. The van der Waals surface area contributed by atoms with Crippen molar-refractivity contribution in [3.63, 3.8) is 0 Å². The van der Waals surface area contributed by atoms with Gasteiger partial charge in [-0.2, -0.15) is 0 Å². The zero-order valence-corrected chi connectivity index (χ0v) is 10.2. The molecule has 2 fully saturated rings. The van der Waals surface area contributed by atoms with Gasteiger partial charge in [0.1, 0.15) is 0 Å². The highest BCUT2D eigenvalue weighted by molar-refractivity contribution is 5.77. The van der Waals surface area contributed by atoms with Crippen molar-refractivity contribution in [1.82, 2.24) is 10.2 Å². The van der Waals surface area contributed by atoms with E-state index in [1.165, 1.54) is 19.3 Å². The zero-order chi connectivity index (χ0) is 11.6. The van der Waals surface area contributed by atoms with Gasteiger partial charge in [0.15, 0.2) is 0 Å². The van der Waals surface area contributed by atoms with Crippen LogP contribution in [0.4, 0.5) is 0 Å². The molecule has 16 heavy (non-hydrogen) atoms. The number of hydrogen-bond donors (Lipinski definition) is 2. The van der Waals surface area contributed by atoms with Crippen LogP contribution in [0.2, 0.25) is 0 Å². The first-order valence-electron chi connectivity index (χ1n) is 6.35. The second kappa shape index (κ2) is 4.72. The summed E-state index contributed by atoms with van der Waals surface area (Å²) in [5.74, 6) is 0.127. The second-order valence-corrected chi connectivity index (χ2v) is 5.47. The summed E-state index contributed by atoms with van der Waals surface area (Å²) >= 11 is 0. The first-order chi connectivity index (χ1) is 7.59. The van der Waals surface area contributed by atoms with Gasteiger partial charge in [-0.3, -0.25) is 4.79 Å². The number of likely N-dealkylation sites (N-methyl/N-ethyl adjacent to an activating group) is 1. The smallest absolute Gasteiger partial charge is 0.221 e. The van der Waals surface area contributed by atoms with Crippen LogP contribution in [0.25, 0.3) is 0 Å². The van der Waals surface area contributed by atoms with Crippen LogP contribution in [-0.2, 0) is 4.79 Å². The molecule has 1 saturated carbocycles. The summed E-state index contributed by atoms with van der Waals surface area (Å²) in [6.45, 7) is 1.94. The Bertz CT molecular complexity index is 263. The lowest BCUT2D eigenvalue weighted by Crippen LogP contribution is -2.50. The first-order valence-corrected chi connectivity index (χ1v) is 6.35. The SMILES string of the molecule is CN1CCCC1CNC(=O)CC1(N)CCC1. The summed E-state index contributed by atoms with van der Waals surface area (Å²) < 4.78 is 0. The largest absolute Gasteiger partial charge is 0.354 e. The monoisotopic (exact) mass is 225 g/mol. The van der Waals surface area contributed by atoms with Crippen LogP contribution >= 0.6 is 0 Å². The lowest BCUT2D eigenvalue weighted by Gasteiger charge is -2.37. The van der Waals surface area contributed by atoms with Crippen molar-refractivity contribution in [2.45, 2.75) is 50.1 Å². The molecule has 1 amide bonds. The Balaban J connectivity index is 1.67. The van der Waals surface area contributed by atoms with E-state index in [9.17, 15) is 4.79 Å². The van der Waals surface area contributed by atoms with Gasteiger partial charge < -0.3 is 16.0 Å². The molecule has 2 aliphatic rings. The number of hydrogen-bond acceptors (Lipinski definition) is 3. The highest BCUT2D eigenvalue weighted by Crippen LogP contribution is 2.31. The van der Waals surface area contributed by atoms with Crippen molar-refractivity contribution >= 4 is 5.91 Å². The fourth-order valence-corrected chi connectivity index (χ4v) is 2.66. The van der Waals surface area contributed by atoms with E-state index >= 15 is 0 Å². The Hall–Kier alpha value is -0.610. The Morgan fingerprint density at radius 1 is 1.50 bits per heavy atom. The summed E-state index contributed by atoms with van der Waals surface area (Å²) in [5, 5.41) is 3.02. The zero-order valence-electron chi connectivity index (χ0n) is 10.2. The normalized spacial score (nSPS) is 28.8. The number of nitrogens with one attached hydrogen (secondary N) is 1. The Morgan fingerprint density at radius 2 is 2.25 bits per heavy atom. The van der Waals surface area contributed by atoms with Gasteiger partial charge in [0, 0.05) is 24.5 Å². The third-order valence-electron chi connectivity index (χ3n) is 4.07. The molecule has 1 saturated heterocycles. The number of nitrogens with zero attached hydrogens (tertiary/aromatic N) is 1. The van der Waals surface area contributed by atoms with E-state index in [0.717, 1.165) is 25.9 Å². The first kappa shape index (κ1) is 11.9. The maximum Gasteiger partial charge on any atom is 0.221 e. The number of rotatable bonds is 4. The topological polar surface area (TPSA) is 58.4 Å². The van der Waals surface area contributed by atoms with Crippen LogP contribution in [0.5, 0.6) is 0 Å². The maximum atomic E-state index is 11.7. The van der Waals surface area contributed by atoms with Crippen molar-refractivity contribution in [3.8, 4) is 0 Å². The molecule has 0 radical (unpaired) electrons. The van der Waals surface area contributed by atoms with Crippen LogP contribution in [0.15, 0.2) is 0 Å². The molecular formula is C12H23N3O. The average molecular weight is 225 g/mol. The summed E-state index contributed by atoms with van der Waals surface area (Å²) in [6.07, 6.45) is 6.13.